The lowest BCUT2D eigenvalue weighted by Gasteiger charge is -2.14. The monoisotopic (exact) mass is 472 g/mol. The highest BCUT2D eigenvalue weighted by atomic mass is 32.1. The van der Waals surface area contributed by atoms with Gasteiger partial charge in [-0.2, -0.15) is 0 Å². The summed E-state index contributed by atoms with van der Waals surface area (Å²) in [6.45, 7) is 2.16. The lowest BCUT2D eigenvalue weighted by atomic mass is 10.1. The number of aliphatic carboxylic acids is 1. The van der Waals surface area contributed by atoms with E-state index in [9.17, 15) is 9.90 Å². The Labute approximate surface area is 203 Å². The normalized spacial score (nSPS) is 17.8. The van der Waals surface area contributed by atoms with Crippen LogP contribution < -0.4 is 5.32 Å². The molecule has 0 amide bonds. The molecule has 7 heteroatoms. The molecule has 2 N–H and O–H groups in total. The molecule has 1 saturated carbocycles. The molecule has 0 spiro atoms. The first-order valence-electron chi connectivity index (χ1n) is 11.8. The number of carbonyl (C=O) groups is 1. The number of benzene rings is 2. The molecular formula is C27H28N4O2S. The fourth-order valence-corrected chi connectivity index (χ4v) is 5.64. The van der Waals surface area contributed by atoms with Crippen molar-refractivity contribution in [2.75, 3.05) is 5.32 Å². The van der Waals surface area contributed by atoms with Crippen LogP contribution in [0.1, 0.15) is 53.7 Å². The van der Waals surface area contributed by atoms with E-state index in [0.717, 1.165) is 34.8 Å². The van der Waals surface area contributed by atoms with E-state index < -0.39 is 5.97 Å². The third kappa shape index (κ3) is 5.25. The lowest BCUT2D eigenvalue weighted by Crippen LogP contribution is -2.20. The Kier molecular flexibility index (Phi) is 6.54. The maximum absolute atomic E-state index is 11.4. The molecule has 2 atom stereocenters. The van der Waals surface area contributed by atoms with Gasteiger partial charge < -0.3 is 10.4 Å². The number of nitrogens with zero attached hydrogens (tertiary/aromatic N) is 3. The van der Waals surface area contributed by atoms with Crippen molar-refractivity contribution >= 4 is 33.5 Å². The van der Waals surface area contributed by atoms with Gasteiger partial charge in [0.15, 0.2) is 0 Å². The van der Waals surface area contributed by atoms with E-state index in [-0.39, 0.29) is 12.0 Å². The number of carboxylic acids is 1. The molecule has 0 unspecified atom stereocenters. The molecule has 0 saturated heterocycles. The predicted molar refractivity (Wildman–Crippen MR) is 135 cm³/mol. The Morgan fingerprint density at radius 2 is 1.79 bits per heavy atom. The average molecular weight is 473 g/mol. The number of hydrogen-bond acceptors (Lipinski definition) is 6. The molecule has 6 nitrogen and oxygen atoms in total. The van der Waals surface area contributed by atoms with Crippen LogP contribution >= 0.6 is 11.3 Å². The van der Waals surface area contributed by atoms with Gasteiger partial charge in [0.2, 0.25) is 5.95 Å². The van der Waals surface area contributed by atoms with Crippen LogP contribution in [-0.4, -0.2) is 32.1 Å². The van der Waals surface area contributed by atoms with Crippen molar-refractivity contribution in [3.05, 3.63) is 82.1 Å². The minimum Gasteiger partial charge on any atom is -0.481 e. The fourth-order valence-electron chi connectivity index (χ4n) is 4.59. The van der Waals surface area contributed by atoms with Gasteiger partial charge in [0.25, 0.3) is 0 Å². The molecular weight excluding hydrogens is 444 g/mol. The van der Waals surface area contributed by atoms with Crippen LogP contribution in [0, 0.1) is 5.92 Å². The molecule has 1 aliphatic rings. The summed E-state index contributed by atoms with van der Waals surface area (Å²) in [5.41, 5.74) is 5.40. The molecule has 0 radical (unpaired) electrons. The standard InChI is InChI=1S/C27H28N4O2S/c1-2-17-8-11-23-24(13-17)34-25(31-23)16-22-15-21(12-18-6-4-3-5-7-18)29-27(30-22)28-20-10-9-19(14-20)26(32)33/h3-8,11,13,15,19-20H,2,9-10,12,14,16H2,1H3,(H,32,33)(H,28,29,30)/t19-,20+/m1/s1. The maximum atomic E-state index is 11.4. The summed E-state index contributed by atoms with van der Waals surface area (Å²) in [4.78, 5) is 25.8. The molecule has 5 rings (SSSR count). The summed E-state index contributed by atoms with van der Waals surface area (Å²) in [6, 6.07) is 18.9. The van der Waals surface area contributed by atoms with E-state index in [1.807, 2.05) is 18.2 Å². The van der Waals surface area contributed by atoms with Gasteiger partial charge in [-0.3, -0.25) is 4.79 Å². The third-order valence-corrected chi connectivity index (χ3v) is 7.43. The van der Waals surface area contributed by atoms with Crippen molar-refractivity contribution in [1.29, 1.82) is 0 Å². The van der Waals surface area contributed by atoms with Gasteiger partial charge in [0.1, 0.15) is 0 Å². The summed E-state index contributed by atoms with van der Waals surface area (Å²) in [5.74, 6) is -0.431. The second-order valence-corrected chi connectivity index (χ2v) is 10.1. The Morgan fingerprint density at radius 1 is 1.00 bits per heavy atom. The van der Waals surface area contributed by atoms with Crippen molar-refractivity contribution in [3.8, 4) is 0 Å². The zero-order valence-electron chi connectivity index (χ0n) is 19.2. The van der Waals surface area contributed by atoms with E-state index in [4.69, 9.17) is 15.0 Å². The van der Waals surface area contributed by atoms with Crippen LogP contribution in [0.25, 0.3) is 10.2 Å². The molecule has 1 aliphatic carbocycles. The topological polar surface area (TPSA) is 88.0 Å². The van der Waals surface area contributed by atoms with Gasteiger partial charge in [-0.1, -0.05) is 43.3 Å². The van der Waals surface area contributed by atoms with Crippen LogP contribution in [0.2, 0.25) is 0 Å². The van der Waals surface area contributed by atoms with Gasteiger partial charge in [0.05, 0.1) is 32.5 Å². The molecule has 2 heterocycles. The van der Waals surface area contributed by atoms with Crippen LogP contribution in [0.4, 0.5) is 5.95 Å². The molecule has 0 aliphatic heterocycles. The average Bonchev–Trinajstić information content (AvgIpc) is 3.45. The first kappa shape index (κ1) is 22.5. The van der Waals surface area contributed by atoms with Crippen LogP contribution in [-0.2, 0) is 24.1 Å². The van der Waals surface area contributed by atoms with Crippen molar-refractivity contribution in [3.63, 3.8) is 0 Å². The van der Waals surface area contributed by atoms with E-state index in [1.54, 1.807) is 11.3 Å². The van der Waals surface area contributed by atoms with Gasteiger partial charge in [-0.25, -0.2) is 15.0 Å². The number of rotatable bonds is 8. The minimum absolute atomic E-state index is 0.0795. The number of aromatic nitrogens is 3. The number of carboxylic acid groups (broad SMARTS) is 1. The summed E-state index contributed by atoms with van der Waals surface area (Å²) < 4.78 is 1.21. The minimum atomic E-state index is -0.717. The Hall–Kier alpha value is -3.32. The van der Waals surface area contributed by atoms with Crippen LogP contribution in [0.3, 0.4) is 0 Å². The van der Waals surface area contributed by atoms with Gasteiger partial charge in [-0.15, -0.1) is 11.3 Å². The highest BCUT2D eigenvalue weighted by Gasteiger charge is 2.30. The van der Waals surface area contributed by atoms with Crippen molar-refractivity contribution in [2.45, 2.75) is 51.5 Å². The molecule has 1 fully saturated rings. The van der Waals surface area contributed by atoms with E-state index in [2.05, 4.69) is 48.6 Å². The summed E-state index contributed by atoms with van der Waals surface area (Å²) >= 11 is 1.72. The maximum Gasteiger partial charge on any atom is 0.306 e. The van der Waals surface area contributed by atoms with Crippen molar-refractivity contribution in [2.24, 2.45) is 5.92 Å². The van der Waals surface area contributed by atoms with Crippen molar-refractivity contribution in [1.82, 2.24) is 15.0 Å². The zero-order chi connectivity index (χ0) is 23.5. The van der Waals surface area contributed by atoms with E-state index >= 15 is 0 Å². The number of nitrogens with one attached hydrogen (secondary N) is 1. The molecule has 34 heavy (non-hydrogen) atoms. The number of fused-ring (bicyclic) bond motifs is 1. The second-order valence-electron chi connectivity index (χ2n) is 8.97. The SMILES string of the molecule is CCc1ccc2nc(Cc3cc(Cc4ccccc4)nc(N[C@H]4CC[C@@H](C(=O)O)C4)n3)sc2c1. The summed E-state index contributed by atoms with van der Waals surface area (Å²) in [6.07, 6.45) is 4.48. The largest absolute Gasteiger partial charge is 0.481 e. The summed E-state index contributed by atoms with van der Waals surface area (Å²) in [7, 11) is 0. The number of thiazole rings is 1. The van der Waals surface area contributed by atoms with Gasteiger partial charge >= 0.3 is 5.97 Å². The summed E-state index contributed by atoms with van der Waals surface area (Å²) in [5, 5.41) is 13.8. The second kappa shape index (κ2) is 9.89. The number of aryl methyl sites for hydroxylation is 1. The van der Waals surface area contributed by atoms with E-state index in [1.165, 1.54) is 15.8 Å². The Morgan fingerprint density at radius 3 is 2.53 bits per heavy atom. The Balaban J connectivity index is 1.41. The smallest absolute Gasteiger partial charge is 0.306 e. The van der Waals surface area contributed by atoms with Crippen LogP contribution in [0.15, 0.2) is 54.6 Å². The van der Waals surface area contributed by atoms with Crippen molar-refractivity contribution < 1.29 is 9.90 Å². The van der Waals surface area contributed by atoms with Crippen LogP contribution in [0.5, 0.6) is 0 Å². The zero-order valence-corrected chi connectivity index (χ0v) is 20.0. The molecule has 2 aromatic carbocycles. The number of anilines is 1. The predicted octanol–water partition coefficient (Wildman–Crippen LogP) is 5.50. The van der Waals surface area contributed by atoms with Gasteiger partial charge in [0, 0.05) is 18.9 Å². The first-order chi connectivity index (χ1) is 16.6. The molecule has 0 bridgehead atoms. The third-order valence-electron chi connectivity index (χ3n) is 6.41. The molecule has 4 aromatic rings. The first-order valence-corrected chi connectivity index (χ1v) is 12.7. The highest BCUT2D eigenvalue weighted by molar-refractivity contribution is 7.18. The quantitative estimate of drug-likeness (QED) is 0.352. The Bertz CT molecular complexity index is 1300. The van der Waals surface area contributed by atoms with Gasteiger partial charge in [-0.05, 0) is 55.0 Å². The highest BCUT2D eigenvalue weighted by Crippen LogP contribution is 2.29. The van der Waals surface area contributed by atoms with E-state index in [0.29, 0.717) is 31.6 Å². The lowest BCUT2D eigenvalue weighted by molar-refractivity contribution is -0.141. The molecule has 174 valence electrons. The fraction of sp³-hybridized carbons (Fsp3) is 0.333. The number of hydrogen-bond donors (Lipinski definition) is 2. The molecule has 2 aromatic heterocycles.